The van der Waals surface area contributed by atoms with Gasteiger partial charge >= 0.3 is 6.03 Å². The second kappa shape index (κ2) is 4.44. The van der Waals surface area contributed by atoms with Crippen molar-refractivity contribution in [1.82, 2.24) is 10.2 Å². The molecule has 96 valence electrons. The molecule has 1 aromatic rings. The number of imide groups is 1. The maximum absolute atomic E-state index is 12.2. The zero-order valence-electron chi connectivity index (χ0n) is 10.9. The highest BCUT2D eigenvalue weighted by molar-refractivity contribution is 6.05. The summed E-state index contributed by atoms with van der Waals surface area (Å²) in [6, 6.07) is 8.96. The molecule has 1 heterocycles. The Morgan fingerprint density at radius 1 is 1.17 bits per heavy atom. The summed E-state index contributed by atoms with van der Waals surface area (Å²) in [5.41, 5.74) is 0.569. The summed E-state index contributed by atoms with van der Waals surface area (Å²) < 4.78 is 0. The first kappa shape index (κ1) is 12.6. The number of carbonyl (C=O) groups excluding carboxylic acids is 2. The number of rotatable bonds is 2. The van der Waals surface area contributed by atoms with E-state index in [2.05, 4.69) is 5.32 Å². The van der Waals surface area contributed by atoms with Crippen molar-refractivity contribution in [2.24, 2.45) is 0 Å². The number of amides is 3. The van der Waals surface area contributed by atoms with Crippen molar-refractivity contribution in [1.29, 1.82) is 0 Å². The Bertz CT molecular complexity index is 462. The topological polar surface area (TPSA) is 49.4 Å². The average molecular weight is 246 g/mol. The summed E-state index contributed by atoms with van der Waals surface area (Å²) in [5, 5.41) is 2.75. The fourth-order valence-corrected chi connectivity index (χ4v) is 2.15. The minimum absolute atomic E-state index is 0.142. The number of hydrogen-bond donors (Lipinski definition) is 1. The van der Waals surface area contributed by atoms with Crippen LogP contribution in [0.4, 0.5) is 4.79 Å². The highest BCUT2D eigenvalue weighted by Crippen LogP contribution is 2.21. The lowest BCUT2D eigenvalue weighted by Gasteiger charge is -2.28. The Balaban J connectivity index is 2.14. The third kappa shape index (κ3) is 2.37. The highest BCUT2D eigenvalue weighted by atomic mass is 16.2. The smallest absolute Gasteiger partial charge is 0.325 e. The molecule has 0 spiro atoms. The summed E-state index contributed by atoms with van der Waals surface area (Å²) in [7, 11) is 0. The van der Waals surface area contributed by atoms with E-state index in [9.17, 15) is 9.59 Å². The molecule has 0 radical (unpaired) electrons. The maximum atomic E-state index is 12.2. The van der Waals surface area contributed by atoms with Crippen molar-refractivity contribution in [3.05, 3.63) is 35.9 Å². The van der Waals surface area contributed by atoms with Gasteiger partial charge in [0.1, 0.15) is 6.04 Å². The van der Waals surface area contributed by atoms with E-state index in [0.29, 0.717) is 6.42 Å². The van der Waals surface area contributed by atoms with Crippen LogP contribution in [0.5, 0.6) is 0 Å². The fraction of sp³-hybridized carbons (Fsp3) is 0.429. The molecule has 3 amide bonds. The molecular formula is C14H18N2O2. The van der Waals surface area contributed by atoms with Gasteiger partial charge in [-0.05, 0) is 26.3 Å². The van der Waals surface area contributed by atoms with E-state index in [0.717, 1.165) is 5.56 Å². The molecule has 1 fully saturated rings. The summed E-state index contributed by atoms with van der Waals surface area (Å²) in [6.45, 7) is 5.57. The average Bonchev–Trinajstić information content (AvgIpc) is 2.54. The number of urea groups is 1. The molecule has 0 bridgehead atoms. The second-order valence-corrected chi connectivity index (χ2v) is 5.54. The molecule has 18 heavy (non-hydrogen) atoms. The van der Waals surface area contributed by atoms with E-state index in [1.165, 1.54) is 4.90 Å². The van der Waals surface area contributed by atoms with Gasteiger partial charge in [0.15, 0.2) is 0 Å². The monoisotopic (exact) mass is 246 g/mol. The van der Waals surface area contributed by atoms with Crippen LogP contribution in [0.15, 0.2) is 30.3 Å². The first-order chi connectivity index (χ1) is 8.39. The summed E-state index contributed by atoms with van der Waals surface area (Å²) in [5.74, 6) is -0.142. The lowest BCUT2D eigenvalue weighted by Crippen LogP contribution is -2.46. The quantitative estimate of drug-likeness (QED) is 0.811. The molecule has 0 saturated carbocycles. The molecule has 0 aromatic heterocycles. The summed E-state index contributed by atoms with van der Waals surface area (Å²) >= 11 is 0. The molecule has 0 unspecified atom stereocenters. The largest absolute Gasteiger partial charge is 0.325 e. The first-order valence-electron chi connectivity index (χ1n) is 6.08. The maximum Gasteiger partial charge on any atom is 0.325 e. The molecule has 1 atom stereocenters. The Labute approximate surface area is 107 Å². The zero-order chi connectivity index (χ0) is 13.3. The highest BCUT2D eigenvalue weighted by Gasteiger charge is 2.43. The lowest BCUT2D eigenvalue weighted by atomic mass is 10.0. The number of nitrogens with one attached hydrogen (secondary N) is 1. The fourth-order valence-electron chi connectivity index (χ4n) is 2.15. The van der Waals surface area contributed by atoms with Crippen molar-refractivity contribution < 1.29 is 9.59 Å². The van der Waals surface area contributed by atoms with Gasteiger partial charge in [-0.15, -0.1) is 0 Å². The molecule has 4 nitrogen and oxygen atoms in total. The molecular weight excluding hydrogens is 228 g/mol. The van der Waals surface area contributed by atoms with Crippen LogP contribution in [0.3, 0.4) is 0 Å². The molecule has 2 rings (SSSR count). The van der Waals surface area contributed by atoms with Crippen molar-refractivity contribution in [3.8, 4) is 0 Å². The standard InChI is InChI=1S/C14H18N2O2/c1-14(2,3)16-12(17)11(15-13(16)18)9-10-7-5-4-6-8-10/h4-8,11H,9H2,1-3H3,(H,15,18)/t11-/m0/s1. The van der Waals surface area contributed by atoms with Crippen LogP contribution in [0.2, 0.25) is 0 Å². The summed E-state index contributed by atoms with van der Waals surface area (Å²) in [4.78, 5) is 25.3. The second-order valence-electron chi connectivity index (χ2n) is 5.54. The Kier molecular flexibility index (Phi) is 3.11. The molecule has 4 heteroatoms. The van der Waals surface area contributed by atoms with E-state index in [1.54, 1.807) is 0 Å². The van der Waals surface area contributed by atoms with E-state index in [4.69, 9.17) is 0 Å². The molecule has 1 aromatic carbocycles. The third-order valence-corrected chi connectivity index (χ3v) is 2.97. The van der Waals surface area contributed by atoms with E-state index >= 15 is 0 Å². The normalized spacial score (nSPS) is 20.2. The molecule has 1 saturated heterocycles. The van der Waals surface area contributed by atoms with Crippen LogP contribution < -0.4 is 5.32 Å². The summed E-state index contributed by atoms with van der Waals surface area (Å²) in [6.07, 6.45) is 0.540. The minimum atomic E-state index is -0.480. The molecule has 1 aliphatic heterocycles. The van der Waals surface area contributed by atoms with Crippen LogP contribution in [0, 0.1) is 0 Å². The van der Waals surface area contributed by atoms with E-state index in [1.807, 2.05) is 51.1 Å². The minimum Gasteiger partial charge on any atom is -0.325 e. The Morgan fingerprint density at radius 3 is 2.28 bits per heavy atom. The van der Waals surface area contributed by atoms with Gasteiger partial charge in [0.05, 0.1) is 0 Å². The predicted molar refractivity (Wildman–Crippen MR) is 69.1 cm³/mol. The van der Waals surface area contributed by atoms with Gasteiger partial charge in [-0.2, -0.15) is 0 Å². The number of carbonyl (C=O) groups is 2. The van der Waals surface area contributed by atoms with Crippen LogP contribution in [-0.4, -0.2) is 28.4 Å². The van der Waals surface area contributed by atoms with E-state index < -0.39 is 11.6 Å². The van der Waals surface area contributed by atoms with E-state index in [-0.39, 0.29) is 11.9 Å². The van der Waals surface area contributed by atoms with Gasteiger partial charge in [0, 0.05) is 12.0 Å². The number of hydrogen-bond acceptors (Lipinski definition) is 2. The molecule has 1 N–H and O–H groups in total. The number of nitrogens with zero attached hydrogens (tertiary/aromatic N) is 1. The molecule has 0 aliphatic carbocycles. The van der Waals surface area contributed by atoms with Crippen molar-refractivity contribution >= 4 is 11.9 Å². The van der Waals surface area contributed by atoms with Gasteiger partial charge in [0.25, 0.3) is 5.91 Å². The van der Waals surface area contributed by atoms with Gasteiger partial charge in [-0.1, -0.05) is 30.3 Å². The van der Waals surface area contributed by atoms with Crippen LogP contribution in [0.1, 0.15) is 26.3 Å². The first-order valence-corrected chi connectivity index (χ1v) is 6.08. The SMILES string of the molecule is CC(C)(C)N1C(=O)N[C@@H](Cc2ccccc2)C1=O. The Hall–Kier alpha value is -1.84. The van der Waals surface area contributed by atoms with Crippen molar-refractivity contribution in [3.63, 3.8) is 0 Å². The molecule has 1 aliphatic rings. The van der Waals surface area contributed by atoms with Gasteiger partial charge in [-0.3, -0.25) is 9.69 Å². The van der Waals surface area contributed by atoms with Crippen LogP contribution >= 0.6 is 0 Å². The number of benzene rings is 1. The van der Waals surface area contributed by atoms with Crippen LogP contribution in [0.25, 0.3) is 0 Å². The Morgan fingerprint density at radius 2 is 1.78 bits per heavy atom. The van der Waals surface area contributed by atoms with Gasteiger partial charge < -0.3 is 5.32 Å². The predicted octanol–water partition coefficient (Wildman–Crippen LogP) is 1.95. The van der Waals surface area contributed by atoms with Gasteiger partial charge in [0.2, 0.25) is 0 Å². The lowest BCUT2D eigenvalue weighted by molar-refractivity contribution is -0.130. The van der Waals surface area contributed by atoms with Crippen molar-refractivity contribution in [2.75, 3.05) is 0 Å². The van der Waals surface area contributed by atoms with Gasteiger partial charge in [-0.25, -0.2) is 4.79 Å². The van der Waals surface area contributed by atoms with Crippen LogP contribution in [-0.2, 0) is 11.2 Å². The van der Waals surface area contributed by atoms with Crippen molar-refractivity contribution in [2.45, 2.75) is 38.8 Å². The zero-order valence-corrected chi connectivity index (χ0v) is 10.9. The third-order valence-electron chi connectivity index (χ3n) is 2.97.